The third-order valence-corrected chi connectivity index (χ3v) is 5.71. The monoisotopic (exact) mass is 347 g/mol. The van der Waals surface area contributed by atoms with Crippen molar-refractivity contribution >= 4 is 11.6 Å². The summed E-state index contributed by atoms with van der Waals surface area (Å²) in [7, 11) is 0. The Morgan fingerprint density at radius 2 is 2.15 bits per heavy atom. The van der Waals surface area contributed by atoms with E-state index in [1.807, 2.05) is 6.33 Å². The Morgan fingerprint density at radius 1 is 1.23 bits per heavy atom. The predicted octanol–water partition coefficient (Wildman–Crippen LogP) is 2.22. The zero-order valence-electron chi connectivity index (χ0n) is 15.5. The minimum absolute atomic E-state index is 0.816. The molecule has 134 valence electrons. The number of hydrogen-bond donors (Lipinski definition) is 1. The zero-order valence-corrected chi connectivity index (χ0v) is 15.5. The molecule has 0 aromatic heterocycles. The first-order chi connectivity index (χ1) is 12.8. The summed E-state index contributed by atoms with van der Waals surface area (Å²) in [5.74, 6) is 0. The third kappa shape index (κ3) is 2.23. The van der Waals surface area contributed by atoms with Crippen LogP contribution in [0.15, 0.2) is 29.6 Å². The zero-order chi connectivity index (χ0) is 17.7. The summed E-state index contributed by atoms with van der Waals surface area (Å²) >= 11 is 0. The van der Waals surface area contributed by atoms with Gasteiger partial charge in [0.05, 0.1) is 5.69 Å². The van der Waals surface area contributed by atoms with E-state index in [4.69, 9.17) is 10.1 Å². The predicted molar refractivity (Wildman–Crippen MR) is 102 cm³/mol. The first-order valence-corrected chi connectivity index (χ1v) is 9.80. The number of rotatable bonds is 4. The Morgan fingerprint density at radius 3 is 3.00 bits per heavy atom. The Hall–Kier alpha value is -2.56. The molecular weight excluding hydrogens is 322 g/mol. The van der Waals surface area contributed by atoms with Crippen LogP contribution in [0.5, 0.6) is 0 Å². The second-order valence-electron chi connectivity index (χ2n) is 7.34. The summed E-state index contributed by atoms with van der Waals surface area (Å²) in [6, 6.07) is 0. The smallest absolute Gasteiger partial charge is 0.176 e. The van der Waals surface area contributed by atoms with Crippen molar-refractivity contribution in [2.75, 3.05) is 0 Å². The maximum absolute atomic E-state index is 5.05. The second kappa shape index (κ2) is 6.01. The van der Waals surface area contributed by atoms with E-state index in [0.717, 1.165) is 49.6 Å². The average molecular weight is 347 g/mol. The van der Waals surface area contributed by atoms with Crippen LogP contribution in [0.25, 0.3) is 11.6 Å². The molecule has 5 heteroatoms. The number of nitrogens with one attached hydrogen (secondary N) is 1. The molecule has 0 saturated heterocycles. The van der Waals surface area contributed by atoms with Gasteiger partial charge < -0.3 is 0 Å². The quantitative estimate of drug-likeness (QED) is 0.922. The third-order valence-electron chi connectivity index (χ3n) is 5.71. The Balaban J connectivity index is 1.90. The summed E-state index contributed by atoms with van der Waals surface area (Å²) in [5.41, 5.74) is 6.58. The minimum Gasteiger partial charge on any atom is -0.293 e. The van der Waals surface area contributed by atoms with E-state index in [1.54, 1.807) is 0 Å². The summed E-state index contributed by atoms with van der Waals surface area (Å²) in [5, 5.41) is 12.4. The first-order valence-electron chi connectivity index (χ1n) is 9.80. The van der Waals surface area contributed by atoms with Crippen molar-refractivity contribution in [3.05, 3.63) is 56.6 Å². The lowest BCUT2D eigenvalue weighted by Gasteiger charge is -2.14. The molecule has 3 aliphatic carbocycles. The number of unbranched alkanes of at least 4 members (excludes halogenated alkanes) is 1. The van der Waals surface area contributed by atoms with Gasteiger partial charge in [0.25, 0.3) is 0 Å². The largest absolute Gasteiger partial charge is 0.293 e. The molecule has 26 heavy (non-hydrogen) atoms. The van der Waals surface area contributed by atoms with Crippen molar-refractivity contribution in [2.45, 2.75) is 59.0 Å². The highest BCUT2D eigenvalue weighted by Gasteiger charge is 2.24. The van der Waals surface area contributed by atoms with Crippen LogP contribution in [0.2, 0.25) is 0 Å². The van der Waals surface area contributed by atoms with Crippen LogP contribution in [0.4, 0.5) is 0 Å². The molecule has 0 atom stereocenters. The number of nitrogens with zero attached hydrogens (tertiary/aromatic N) is 4. The van der Waals surface area contributed by atoms with E-state index in [-0.39, 0.29) is 0 Å². The number of allylic oxidation sites excluding steroid dienone is 4. The molecule has 0 amide bonds. The van der Waals surface area contributed by atoms with Crippen LogP contribution in [0.1, 0.15) is 45.2 Å². The fourth-order valence-electron chi connectivity index (χ4n) is 4.42. The SMILES string of the molecule is CCCCn1cnc2n(CC)nc3c4c(c=2[nH]1)=CCC=4C1=C(CC=C1)C3. The van der Waals surface area contributed by atoms with Crippen molar-refractivity contribution in [3.8, 4) is 0 Å². The topological polar surface area (TPSA) is 51.4 Å². The van der Waals surface area contributed by atoms with Crippen molar-refractivity contribution in [3.63, 3.8) is 0 Å². The lowest BCUT2D eigenvalue weighted by Crippen LogP contribution is -2.31. The Kier molecular flexibility index (Phi) is 3.62. The number of aromatic nitrogens is 5. The van der Waals surface area contributed by atoms with Gasteiger partial charge in [0.1, 0.15) is 11.7 Å². The standard InChI is InChI=1S/C21H25N5/c1-3-5-11-25-13-22-21-20(24-25)17-10-9-16-15-8-6-7-14(15)12-18(19(16)17)23-26(21)4-2/h6,8,10,13,24H,3-5,7,9,11-12H2,1-2H3. The molecule has 0 aromatic rings. The van der Waals surface area contributed by atoms with E-state index in [9.17, 15) is 0 Å². The van der Waals surface area contributed by atoms with E-state index in [1.165, 1.54) is 39.3 Å². The maximum atomic E-state index is 5.05. The maximum Gasteiger partial charge on any atom is 0.176 e. The summed E-state index contributed by atoms with van der Waals surface area (Å²) < 4.78 is 4.17. The number of hydrogen-bond acceptors (Lipinski definition) is 2. The highest BCUT2D eigenvalue weighted by Crippen LogP contribution is 2.32. The molecule has 0 saturated carbocycles. The van der Waals surface area contributed by atoms with Crippen molar-refractivity contribution in [1.82, 2.24) is 24.5 Å². The molecule has 0 bridgehead atoms. The summed E-state index contributed by atoms with van der Waals surface area (Å²) in [4.78, 5) is 4.79. The molecule has 0 radical (unpaired) electrons. The fraction of sp³-hybridized carbons (Fsp3) is 0.429. The van der Waals surface area contributed by atoms with Gasteiger partial charge in [-0.25, -0.2) is 9.67 Å². The highest BCUT2D eigenvalue weighted by molar-refractivity contribution is 5.79. The fourth-order valence-corrected chi connectivity index (χ4v) is 4.42. The molecule has 5 nitrogen and oxygen atoms in total. The molecular formula is C21H25N5. The molecule has 5 aliphatic rings. The number of H-pyrrole nitrogens is 1. The van der Waals surface area contributed by atoms with Gasteiger partial charge >= 0.3 is 0 Å². The molecule has 5 rings (SSSR count). The molecule has 0 spiro atoms. The molecule has 0 fully saturated rings. The van der Waals surface area contributed by atoms with Crippen LogP contribution in [-0.4, -0.2) is 24.5 Å². The van der Waals surface area contributed by atoms with Crippen LogP contribution < -0.4 is 10.4 Å². The van der Waals surface area contributed by atoms with Crippen LogP contribution in [0, 0.1) is 10.8 Å². The Labute approximate surface area is 152 Å². The Bertz CT molecular complexity index is 1180. The molecule has 1 N–H and O–H groups in total. The van der Waals surface area contributed by atoms with E-state index < -0.39 is 0 Å². The highest BCUT2D eigenvalue weighted by atomic mass is 15.3. The van der Waals surface area contributed by atoms with Gasteiger partial charge in [-0.2, -0.15) is 5.10 Å². The lowest BCUT2D eigenvalue weighted by molar-refractivity contribution is 0.523. The van der Waals surface area contributed by atoms with Gasteiger partial charge in [0.2, 0.25) is 0 Å². The molecule has 0 aromatic carbocycles. The normalized spacial score (nSPS) is 16.9. The first kappa shape index (κ1) is 15.7. The van der Waals surface area contributed by atoms with Gasteiger partial charge in [0, 0.05) is 29.9 Å². The van der Waals surface area contributed by atoms with Crippen LogP contribution >= 0.6 is 0 Å². The van der Waals surface area contributed by atoms with Gasteiger partial charge in [-0.1, -0.05) is 37.1 Å². The van der Waals surface area contributed by atoms with Crippen molar-refractivity contribution in [2.24, 2.45) is 0 Å². The second-order valence-corrected chi connectivity index (χ2v) is 7.34. The number of aromatic amines is 1. The van der Waals surface area contributed by atoms with Crippen LogP contribution in [0.3, 0.4) is 0 Å². The summed E-state index contributed by atoms with van der Waals surface area (Å²) in [6.45, 7) is 6.14. The lowest BCUT2D eigenvalue weighted by atomic mass is 9.91. The van der Waals surface area contributed by atoms with Gasteiger partial charge in [0.15, 0.2) is 5.48 Å². The van der Waals surface area contributed by atoms with E-state index in [0.29, 0.717) is 0 Å². The number of aryl methyl sites for hydroxylation is 2. The molecule has 2 aliphatic heterocycles. The van der Waals surface area contributed by atoms with E-state index >= 15 is 0 Å². The van der Waals surface area contributed by atoms with Gasteiger partial charge in [-0.05, 0) is 37.3 Å². The molecule has 0 unspecified atom stereocenters. The van der Waals surface area contributed by atoms with Gasteiger partial charge in [-0.3, -0.25) is 9.78 Å². The average Bonchev–Trinajstić information content (AvgIpc) is 3.28. The van der Waals surface area contributed by atoms with Crippen molar-refractivity contribution < 1.29 is 0 Å². The van der Waals surface area contributed by atoms with Gasteiger partial charge in [-0.15, -0.1) is 0 Å². The minimum atomic E-state index is 0.816. The van der Waals surface area contributed by atoms with Crippen molar-refractivity contribution in [1.29, 1.82) is 0 Å². The number of fused-ring (bicyclic) bond motifs is 2. The summed E-state index contributed by atoms with van der Waals surface area (Å²) in [6.07, 6.45) is 14.2. The van der Waals surface area contributed by atoms with Crippen LogP contribution in [-0.2, 0) is 19.5 Å². The molecule has 2 heterocycles. The van der Waals surface area contributed by atoms with E-state index in [2.05, 4.69) is 46.5 Å².